The second-order valence-corrected chi connectivity index (χ2v) is 6.27. The number of nitrogens with zero attached hydrogens (tertiary/aromatic N) is 2. The van der Waals surface area contributed by atoms with Gasteiger partial charge < -0.3 is 10.2 Å². The fourth-order valence-electron chi connectivity index (χ4n) is 2.20. The van der Waals surface area contributed by atoms with Gasteiger partial charge >= 0.3 is 0 Å². The SMILES string of the molecule is O=S1(=O)N=CN(CCC2CNC2)c2ccccc21. The smallest absolute Gasteiger partial charge is 0.285 e. The first-order valence-electron chi connectivity index (χ1n) is 6.04. The fraction of sp³-hybridized carbons (Fsp3) is 0.417. The summed E-state index contributed by atoms with van der Waals surface area (Å²) < 4.78 is 27.2. The van der Waals surface area contributed by atoms with Crippen molar-refractivity contribution in [3.8, 4) is 0 Å². The van der Waals surface area contributed by atoms with Gasteiger partial charge in [-0.1, -0.05) is 12.1 Å². The number of anilines is 1. The maximum Gasteiger partial charge on any atom is 0.285 e. The highest BCUT2D eigenvalue weighted by atomic mass is 32.2. The van der Waals surface area contributed by atoms with Crippen LogP contribution in [0, 0.1) is 5.92 Å². The topological polar surface area (TPSA) is 61.8 Å². The van der Waals surface area contributed by atoms with Crippen molar-refractivity contribution in [3.63, 3.8) is 0 Å². The molecule has 0 spiro atoms. The second-order valence-electron chi connectivity index (χ2n) is 4.67. The molecule has 0 amide bonds. The van der Waals surface area contributed by atoms with E-state index in [0.717, 1.165) is 31.7 Å². The number of para-hydroxylation sites is 1. The van der Waals surface area contributed by atoms with E-state index in [2.05, 4.69) is 9.71 Å². The van der Waals surface area contributed by atoms with Crippen molar-refractivity contribution >= 4 is 22.0 Å². The van der Waals surface area contributed by atoms with Crippen molar-refractivity contribution in [3.05, 3.63) is 24.3 Å². The Morgan fingerprint density at radius 3 is 2.83 bits per heavy atom. The number of sulfonamides is 1. The number of hydrogen-bond donors (Lipinski definition) is 1. The van der Waals surface area contributed by atoms with Crippen molar-refractivity contribution in [2.24, 2.45) is 10.3 Å². The van der Waals surface area contributed by atoms with Crippen molar-refractivity contribution in [2.75, 3.05) is 24.5 Å². The summed E-state index contributed by atoms with van der Waals surface area (Å²) in [6, 6.07) is 7.02. The number of fused-ring (bicyclic) bond motifs is 1. The van der Waals surface area contributed by atoms with Gasteiger partial charge in [0, 0.05) is 6.54 Å². The van der Waals surface area contributed by atoms with Crippen LogP contribution in [0.4, 0.5) is 5.69 Å². The first-order chi connectivity index (χ1) is 8.67. The van der Waals surface area contributed by atoms with E-state index in [1.807, 2.05) is 17.0 Å². The first-order valence-corrected chi connectivity index (χ1v) is 7.48. The van der Waals surface area contributed by atoms with Crippen LogP contribution in [0.25, 0.3) is 0 Å². The molecule has 1 saturated heterocycles. The van der Waals surface area contributed by atoms with Gasteiger partial charge in [0.1, 0.15) is 11.2 Å². The van der Waals surface area contributed by atoms with Crippen molar-refractivity contribution < 1.29 is 8.42 Å². The van der Waals surface area contributed by atoms with E-state index in [9.17, 15) is 8.42 Å². The predicted octanol–water partition coefficient (Wildman–Crippen LogP) is 0.833. The van der Waals surface area contributed by atoms with Crippen LogP contribution in [0.3, 0.4) is 0 Å². The lowest BCUT2D eigenvalue weighted by Gasteiger charge is -2.31. The minimum Gasteiger partial charge on any atom is -0.331 e. The van der Waals surface area contributed by atoms with Gasteiger partial charge in [0.25, 0.3) is 10.0 Å². The molecule has 3 rings (SSSR count). The number of benzene rings is 1. The van der Waals surface area contributed by atoms with E-state index in [-0.39, 0.29) is 0 Å². The molecule has 18 heavy (non-hydrogen) atoms. The van der Waals surface area contributed by atoms with Gasteiger partial charge in [0.15, 0.2) is 0 Å². The number of rotatable bonds is 3. The Morgan fingerprint density at radius 2 is 2.11 bits per heavy atom. The largest absolute Gasteiger partial charge is 0.331 e. The van der Waals surface area contributed by atoms with Crippen LogP contribution in [0.15, 0.2) is 33.6 Å². The highest BCUT2D eigenvalue weighted by molar-refractivity contribution is 7.90. The third kappa shape index (κ3) is 2.02. The lowest BCUT2D eigenvalue weighted by molar-refractivity contribution is 0.332. The minimum atomic E-state index is -3.49. The Bertz CT molecular complexity index is 579. The molecule has 0 saturated carbocycles. The molecule has 96 valence electrons. The van der Waals surface area contributed by atoms with E-state index >= 15 is 0 Å². The summed E-state index contributed by atoms with van der Waals surface area (Å²) in [7, 11) is -3.49. The zero-order chi connectivity index (χ0) is 12.6. The monoisotopic (exact) mass is 265 g/mol. The van der Waals surface area contributed by atoms with E-state index < -0.39 is 10.0 Å². The summed E-state index contributed by atoms with van der Waals surface area (Å²) in [5.74, 6) is 0.698. The Kier molecular flexibility index (Phi) is 2.83. The molecule has 1 aromatic carbocycles. The molecule has 0 radical (unpaired) electrons. The molecule has 0 unspecified atom stereocenters. The Hall–Kier alpha value is -1.40. The van der Waals surface area contributed by atoms with E-state index in [4.69, 9.17) is 0 Å². The van der Waals surface area contributed by atoms with Crippen molar-refractivity contribution in [1.29, 1.82) is 0 Å². The van der Waals surface area contributed by atoms with Gasteiger partial charge in [-0.15, -0.1) is 4.40 Å². The molecular weight excluding hydrogens is 250 g/mol. The van der Waals surface area contributed by atoms with Gasteiger partial charge in [0.2, 0.25) is 0 Å². The summed E-state index contributed by atoms with van der Waals surface area (Å²) >= 11 is 0. The Balaban J connectivity index is 1.84. The van der Waals surface area contributed by atoms with Crippen LogP contribution in [0.5, 0.6) is 0 Å². The molecule has 0 bridgehead atoms. The summed E-state index contributed by atoms with van der Waals surface area (Å²) in [6.45, 7) is 2.93. The van der Waals surface area contributed by atoms with Gasteiger partial charge in [-0.05, 0) is 37.6 Å². The van der Waals surface area contributed by atoms with Crippen LogP contribution in [-0.2, 0) is 10.0 Å². The molecule has 0 aliphatic carbocycles. The molecule has 5 nitrogen and oxygen atoms in total. The van der Waals surface area contributed by atoms with Crippen molar-refractivity contribution in [1.82, 2.24) is 5.32 Å². The lowest BCUT2D eigenvalue weighted by Crippen LogP contribution is -2.43. The molecule has 6 heteroatoms. The van der Waals surface area contributed by atoms with E-state index in [1.165, 1.54) is 6.34 Å². The summed E-state index contributed by atoms with van der Waals surface area (Å²) in [5.41, 5.74) is 0.736. The van der Waals surface area contributed by atoms with E-state index in [1.54, 1.807) is 12.1 Å². The average molecular weight is 265 g/mol. The average Bonchev–Trinajstić information content (AvgIpc) is 2.30. The molecule has 1 N–H and O–H groups in total. The third-order valence-corrected chi connectivity index (χ3v) is 4.70. The lowest BCUT2D eigenvalue weighted by atomic mass is 9.99. The van der Waals surface area contributed by atoms with Crippen LogP contribution in [0.2, 0.25) is 0 Å². The molecule has 0 atom stereocenters. The molecule has 2 aliphatic rings. The summed E-state index contributed by atoms with van der Waals surface area (Å²) in [5, 5.41) is 3.23. The first kappa shape index (κ1) is 11.7. The third-order valence-electron chi connectivity index (χ3n) is 3.42. The normalized spacial score (nSPS) is 21.4. The van der Waals surface area contributed by atoms with Gasteiger partial charge in [-0.2, -0.15) is 8.42 Å². The molecular formula is C12H15N3O2S. The van der Waals surface area contributed by atoms with Crippen LogP contribution < -0.4 is 10.2 Å². The summed E-state index contributed by atoms with van der Waals surface area (Å²) in [4.78, 5) is 2.23. The highest BCUT2D eigenvalue weighted by Gasteiger charge is 2.25. The molecule has 1 fully saturated rings. The standard InChI is InChI=1S/C12H15N3O2S/c16-18(17)12-4-2-1-3-11(12)15(9-14-18)6-5-10-7-13-8-10/h1-4,9-10,13H,5-8H2. The molecule has 2 heterocycles. The fourth-order valence-corrected chi connectivity index (χ4v) is 3.25. The quantitative estimate of drug-likeness (QED) is 0.879. The zero-order valence-corrected chi connectivity index (χ0v) is 10.7. The van der Waals surface area contributed by atoms with Crippen LogP contribution in [0.1, 0.15) is 6.42 Å². The Labute approximate surface area is 107 Å². The number of hydrogen-bond acceptors (Lipinski definition) is 4. The van der Waals surface area contributed by atoms with Gasteiger partial charge in [-0.3, -0.25) is 0 Å². The molecule has 2 aliphatic heterocycles. The van der Waals surface area contributed by atoms with Gasteiger partial charge in [-0.25, -0.2) is 0 Å². The van der Waals surface area contributed by atoms with Crippen LogP contribution in [-0.4, -0.2) is 34.4 Å². The maximum absolute atomic E-state index is 11.8. The number of nitrogens with one attached hydrogen (secondary N) is 1. The molecule has 1 aromatic rings. The maximum atomic E-state index is 11.8. The minimum absolute atomic E-state index is 0.305. The predicted molar refractivity (Wildman–Crippen MR) is 70.4 cm³/mol. The summed E-state index contributed by atoms with van der Waals surface area (Å²) in [6.07, 6.45) is 2.48. The Morgan fingerprint density at radius 1 is 1.33 bits per heavy atom. The highest BCUT2D eigenvalue weighted by Crippen LogP contribution is 2.29. The van der Waals surface area contributed by atoms with Gasteiger partial charge in [0.05, 0.1) is 5.69 Å². The van der Waals surface area contributed by atoms with E-state index in [0.29, 0.717) is 10.8 Å². The van der Waals surface area contributed by atoms with Crippen LogP contribution >= 0.6 is 0 Å². The van der Waals surface area contributed by atoms with Crippen molar-refractivity contribution in [2.45, 2.75) is 11.3 Å². The second kappa shape index (κ2) is 4.37. The molecule has 0 aromatic heterocycles. The zero-order valence-electron chi connectivity index (χ0n) is 9.91.